The fraction of sp³-hybridized carbons (Fsp3) is 0.250. The maximum Gasteiger partial charge on any atom is 0.244 e. The van der Waals surface area contributed by atoms with Crippen molar-refractivity contribution in [2.24, 2.45) is 0 Å². The van der Waals surface area contributed by atoms with Gasteiger partial charge in [0.25, 0.3) is 0 Å². The van der Waals surface area contributed by atoms with E-state index in [0.717, 1.165) is 5.56 Å². The lowest BCUT2D eigenvalue weighted by molar-refractivity contribution is 0.581. The third kappa shape index (κ3) is 2.12. The second-order valence-electron chi connectivity index (χ2n) is 3.29. The normalized spacial score (nSPS) is 11.8. The van der Waals surface area contributed by atoms with E-state index in [4.69, 9.17) is 0 Å². The van der Waals surface area contributed by atoms with Crippen LogP contribution in [0.3, 0.4) is 0 Å². The first-order chi connectivity index (χ1) is 7.59. The number of aromatic amines is 2. The summed E-state index contributed by atoms with van der Waals surface area (Å²) in [6.45, 7) is 1.85. The van der Waals surface area contributed by atoms with Gasteiger partial charge in [-0.25, -0.2) is 13.1 Å². The minimum absolute atomic E-state index is 0.163. The van der Waals surface area contributed by atoms with E-state index in [1.807, 2.05) is 0 Å². The van der Waals surface area contributed by atoms with Crippen LogP contribution in [0, 0.1) is 6.92 Å². The molecule has 0 aliphatic heterocycles. The zero-order valence-corrected chi connectivity index (χ0v) is 9.37. The zero-order chi connectivity index (χ0) is 11.6. The first kappa shape index (κ1) is 10.8. The second-order valence-corrected chi connectivity index (χ2v) is 5.03. The average molecular weight is 241 g/mol. The molecule has 3 N–H and O–H groups in total. The molecule has 0 atom stereocenters. The van der Waals surface area contributed by atoms with E-state index in [1.165, 1.54) is 6.20 Å². The lowest BCUT2D eigenvalue weighted by atomic mass is 10.4. The summed E-state index contributed by atoms with van der Waals surface area (Å²) in [6, 6.07) is 0. The summed E-state index contributed by atoms with van der Waals surface area (Å²) in [5.74, 6) is 0. The van der Waals surface area contributed by atoms with E-state index in [2.05, 4.69) is 25.1 Å². The van der Waals surface area contributed by atoms with Crippen LogP contribution in [0.15, 0.2) is 23.5 Å². The summed E-state index contributed by atoms with van der Waals surface area (Å²) in [5, 5.41) is 12.6. The van der Waals surface area contributed by atoms with Crippen molar-refractivity contribution in [2.75, 3.05) is 0 Å². The van der Waals surface area contributed by atoms with Gasteiger partial charge in [0.05, 0.1) is 18.1 Å². The highest BCUT2D eigenvalue weighted by atomic mass is 32.2. The van der Waals surface area contributed by atoms with Crippen molar-refractivity contribution in [3.05, 3.63) is 29.8 Å². The van der Waals surface area contributed by atoms with Crippen LogP contribution in [-0.2, 0) is 16.6 Å². The van der Waals surface area contributed by atoms with Crippen LogP contribution in [0.5, 0.6) is 0 Å². The van der Waals surface area contributed by atoms with E-state index in [9.17, 15) is 8.42 Å². The Hall–Kier alpha value is -1.67. The molecular formula is C8H11N5O2S. The molecule has 2 aromatic rings. The second kappa shape index (κ2) is 4.06. The SMILES string of the molecule is Cc1[nH]ncc1S(=O)(=O)NCc1cn[nH]c1. The number of aryl methyl sites for hydroxylation is 1. The minimum atomic E-state index is -3.51. The van der Waals surface area contributed by atoms with Gasteiger partial charge in [0, 0.05) is 18.3 Å². The predicted molar refractivity (Wildman–Crippen MR) is 55.9 cm³/mol. The van der Waals surface area contributed by atoms with Gasteiger partial charge in [0.1, 0.15) is 4.90 Å². The molecule has 0 radical (unpaired) electrons. The molecular weight excluding hydrogens is 230 g/mol. The minimum Gasteiger partial charge on any atom is -0.285 e. The van der Waals surface area contributed by atoms with Crippen LogP contribution in [-0.4, -0.2) is 28.8 Å². The highest BCUT2D eigenvalue weighted by Crippen LogP contribution is 2.11. The Morgan fingerprint density at radius 3 is 2.75 bits per heavy atom. The Morgan fingerprint density at radius 2 is 2.19 bits per heavy atom. The summed E-state index contributed by atoms with van der Waals surface area (Å²) >= 11 is 0. The number of rotatable bonds is 4. The molecule has 0 aliphatic rings. The predicted octanol–water partition coefficient (Wildman–Crippen LogP) is -0.0803. The molecule has 86 valence electrons. The highest BCUT2D eigenvalue weighted by Gasteiger charge is 2.17. The third-order valence-corrected chi connectivity index (χ3v) is 3.61. The fourth-order valence-electron chi connectivity index (χ4n) is 1.24. The lowest BCUT2D eigenvalue weighted by Gasteiger charge is -2.03. The molecule has 0 amide bonds. The van der Waals surface area contributed by atoms with Gasteiger partial charge < -0.3 is 0 Å². The molecule has 0 aliphatic carbocycles. The molecule has 0 fully saturated rings. The van der Waals surface area contributed by atoms with Gasteiger partial charge >= 0.3 is 0 Å². The summed E-state index contributed by atoms with van der Waals surface area (Å²) in [4.78, 5) is 0.163. The fourth-order valence-corrected chi connectivity index (χ4v) is 2.39. The topological polar surface area (TPSA) is 104 Å². The number of aromatic nitrogens is 4. The van der Waals surface area contributed by atoms with Gasteiger partial charge in [0.15, 0.2) is 0 Å². The highest BCUT2D eigenvalue weighted by molar-refractivity contribution is 7.89. The van der Waals surface area contributed by atoms with Crippen molar-refractivity contribution in [3.8, 4) is 0 Å². The summed E-state index contributed by atoms with van der Waals surface area (Å²) in [7, 11) is -3.51. The van der Waals surface area contributed by atoms with Crippen molar-refractivity contribution in [1.29, 1.82) is 0 Å². The Kier molecular flexibility index (Phi) is 2.75. The van der Waals surface area contributed by atoms with Crippen LogP contribution in [0.1, 0.15) is 11.3 Å². The summed E-state index contributed by atoms with van der Waals surface area (Å²) < 4.78 is 26.1. The molecule has 0 bridgehead atoms. The van der Waals surface area contributed by atoms with E-state index in [-0.39, 0.29) is 11.4 Å². The van der Waals surface area contributed by atoms with Crippen molar-refractivity contribution in [3.63, 3.8) is 0 Å². The van der Waals surface area contributed by atoms with Gasteiger partial charge in [-0.1, -0.05) is 0 Å². The Bertz CT molecular complexity index is 557. The number of sulfonamides is 1. The number of hydrogen-bond acceptors (Lipinski definition) is 4. The molecule has 7 nitrogen and oxygen atoms in total. The molecule has 0 saturated heterocycles. The first-order valence-electron chi connectivity index (χ1n) is 4.57. The standard InChI is InChI=1S/C8H11N5O2S/c1-6-8(5-11-13-6)16(14,15)12-4-7-2-9-10-3-7/h2-3,5,12H,4H2,1H3,(H,9,10)(H,11,13). The monoisotopic (exact) mass is 241 g/mol. The van der Waals surface area contributed by atoms with Gasteiger partial charge in [-0.05, 0) is 6.92 Å². The third-order valence-electron chi connectivity index (χ3n) is 2.09. The molecule has 2 rings (SSSR count). The molecule has 8 heteroatoms. The molecule has 0 spiro atoms. The molecule has 0 saturated carbocycles. The molecule has 2 heterocycles. The Morgan fingerprint density at radius 1 is 1.38 bits per heavy atom. The van der Waals surface area contributed by atoms with E-state index >= 15 is 0 Å². The average Bonchev–Trinajstić information content (AvgIpc) is 2.85. The first-order valence-corrected chi connectivity index (χ1v) is 6.05. The van der Waals surface area contributed by atoms with Crippen molar-refractivity contribution < 1.29 is 8.42 Å². The van der Waals surface area contributed by atoms with E-state index < -0.39 is 10.0 Å². The Labute approximate surface area is 92.3 Å². The zero-order valence-electron chi connectivity index (χ0n) is 8.56. The van der Waals surface area contributed by atoms with Crippen LogP contribution >= 0.6 is 0 Å². The lowest BCUT2D eigenvalue weighted by Crippen LogP contribution is -2.23. The van der Waals surface area contributed by atoms with Gasteiger partial charge in [-0.2, -0.15) is 10.2 Å². The number of nitrogens with zero attached hydrogens (tertiary/aromatic N) is 2. The maximum atomic E-state index is 11.8. The van der Waals surface area contributed by atoms with Gasteiger partial charge in [-0.15, -0.1) is 0 Å². The molecule has 16 heavy (non-hydrogen) atoms. The van der Waals surface area contributed by atoms with Gasteiger partial charge in [0.2, 0.25) is 10.0 Å². The van der Waals surface area contributed by atoms with Crippen LogP contribution in [0.2, 0.25) is 0 Å². The number of hydrogen-bond donors (Lipinski definition) is 3. The quantitative estimate of drug-likeness (QED) is 0.696. The van der Waals surface area contributed by atoms with Crippen LogP contribution < -0.4 is 4.72 Å². The molecule has 2 aromatic heterocycles. The molecule has 0 unspecified atom stereocenters. The molecule has 0 aromatic carbocycles. The van der Waals surface area contributed by atoms with Crippen molar-refractivity contribution in [2.45, 2.75) is 18.4 Å². The van der Waals surface area contributed by atoms with E-state index in [1.54, 1.807) is 19.3 Å². The van der Waals surface area contributed by atoms with Crippen molar-refractivity contribution >= 4 is 10.0 Å². The number of nitrogens with one attached hydrogen (secondary N) is 3. The van der Waals surface area contributed by atoms with Crippen LogP contribution in [0.25, 0.3) is 0 Å². The maximum absolute atomic E-state index is 11.8. The van der Waals surface area contributed by atoms with Crippen LogP contribution in [0.4, 0.5) is 0 Å². The summed E-state index contributed by atoms with van der Waals surface area (Å²) in [6.07, 6.45) is 4.47. The Balaban J connectivity index is 2.13. The van der Waals surface area contributed by atoms with E-state index in [0.29, 0.717) is 5.69 Å². The number of H-pyrrole nitrogens is 2. The largest absolute Gasteiger partial charge is 0.285 e. The van der Waals surface area contributed by atoms with Crippen molar-refractivity contribution in [1.82, 2.24) is 25.1 Å². The smallest absolute Gasteiger partial charge is 0.244 e. The summed E-state index contributed by atoms with van der Waals surface area (Å²) in [5.41, 5.74) is 1.28. The van der Waals surface area contributed by atoms with Gasteiger partial charge in [-0.3, -0.25) is 10.2 Å².